The molecule has 2 amide bonds. The van der Waals surface area contributed by atoms with Crippen molar-refractivity contribution < 1.29 is 24.2 Å². The Hall–Kier alpha value is -3.92. The molecular weight excluding hydrogens is 618 g/mol. The van der Waals surface area contributed by atoms with Gasteiger partial charge >= 0.3 is 6.09 Å². The maximum absolute atomic E-state index is 14.1. The first-order valence-corrected chi connectivity index (χ1v) is 18.2. The number of hydrogen-bond acceptors (Lipinski definition) is 7. The number of carbonyl (C=O) groups excluding carboxylic acids is 2. The van der Waals surface area contributed by atoms with E-state index in [1.165, 1.54) is 16.0 Å². The minimum absolute atomic E-state index is 0.0663. The molecule has 4 saturated carbocycles. The van der Waals surface area contributed by atoms with Crippen molar-refractivity contribution in [3.63, 3.8) is 0 Å². The summed E-state index contributed by atoms with van der Waals surface area (Å²) in [7, 11) is 1.73. The first-order valence-electron chi connectivity index (χ1n) is 18.2. The quantitative estimate of drug-likeness (QED) is 0.266. The minimum Gasteiger partial charge on any atom is -0.496 e. The predicted octanol–water partition coefficient (Wildman–Crippen LogP) is 6.53. The zero-order valence-corrected chi connectivity index (χ0v) is 29.4. The second-order valence-electron chi connectivity index (χ2n) is 15.5. The van der Waals surface area contributed by atoms with Gasteiger partial charge in [-0.05, 0) is 123 Å². The number of carbonyl (C=O) groups is 2. The fraction of sp³-hybridized carbons (Fsp3) is 0.590. The third-order valence-corrected chi connectivity index (χ3v) is 12.2. The van der Waals surface area contributed by atoms with Gasteiger partial charge in [0, 0.05) is 18.3 Å². The SMILES string of the molecule is COc1ccc(C23CCC(C(NC(=O)C4CCC(OC(=O)N5CC(O)C5)CC4)c4cc(-n5ccc(C(C)C)n5)ccn4)(CC2)CC3)cc1C. The molecular formula is C39H51N5O5. The highest BCUT2D eigenvalue weighted by Gasteiger charge is 2.54. The average Bonchev–Trinajstić information content (AvgIpc) is 3.61. The van der Waals surface area contributed by atoms with Crippen molar-refractivity contribution in [1.29, 1.82) is 0 Å². The molecule has 1 atom stereocenters. The number of aliphatic hydroxyl groups excluding tert-OH is 1. The monoisotopic (exact) mass is 669 g/mol. The van der Waals surface area contributed by atoms with E-state index in [1.807, 2.05) is 23.1 Å². The average molecular weight is 670 g/mol. The van der Waals surface area contributed by atoms with Crippen LogP contribution in [0.15, 0.2) is 48.8 Å². The largest absolute Gasteiger partial charge is 0.496 e. The van der Waals surface area contributed by atoms with E-state index in [0.717, 1.165) is 61.3 Å². The van der Waals surface area contributed by atoms with Crippen molar-refractivity contribution in [3.8, 4) is 11.4 Å². The van der Waals surface area contributed by atoms with Crippen LogP contribution in [0.3, 0.4) is 0 Å². The Balaban J connectivity index is 1.10. The van der Waals surface area contributed by atoms with Gasteiger partial charge < -0.3 is 24.8 Å². The van der Waals surface area contributed by atoms with Gasteiger partial charge in [0.25, 0.3) is 0 Å². The fourth-order valence-corrected chi connectivity index (χ4v) is 8.88. The molecule has 262 valence electrons. The van der Waals surface area contributed by atoms with Gasteiger partial charge in [0.05, 0.1) is 49.4 Å². The van der Waals surface area contributed by atoms with E-state index in [1.54, 1.807) is 7.11 Å². The number of methoxy groups -OCH3 is 1. The third-order valence-electron chi connectivity index (χ3n) is 12.2. The van der Waals surface area contributed by atoms with Gasteiger partial charge in [-0.3, -0.25) is 9.78 Å². The number of nitrogens with zero attached hydrogens (tertiary/aromatic N) is 4. The zero-order chi connectivity index (χ0) is 34.3. The van der Waals surface area contributed by atoms with Gasteiger partial charge in [-0.15, -0.1) is 0 Å². The molecule has 8 rings (SSSR count). The first-order chi connectivity index (χ1) is 23.6. The maximum atomic E-state index is 14.1. The Morgan fingerprint density at radius 2 is 1.67 bits per heavy atom. The van der Waals surface area contributed by atoms with E-state index in [9.17, 15) is 14.7 Å². The van der Waals surface area contributed by atoms with E-state index >= 15 is 0 Å². The van der Waals surface area contributed by atoms with E-state index in [2.05, 4.69) is 56.4 Å². The number of likely N-dealkylation sites (tertiary alicyclic amines) is 1. The summed E-state index contributed by atoms with van der Waals surface area (Å²) in [5.74, 6) is 1.18. The van der Waals surface area contributed by atoms with E-state index in [4.69, 9.17) is 19.6 Å². The number of rotatable bonds is 9. The van der Waals surface area contributed by atoms with Crippen LogP contribution in [-0.2, 0) is 14.9 Å². The molecule has 2 aromatic heterocycles. The van der Waals surface area contributed by atoms with Crippen molar-refractivity contribution in [2.45, 2.75) is 115 Å². The summed E-state index contributed by atoms with van der Waals surface area (Å²) in [4.78, 5) is 33.0. The van der Waals surface area contributed by atoms with Crippen LogP contribution < -0.4 is 10.1 Å². The van der Waals surface area contributed by atoms with Crippen molar-refractivity contribution in [2.75, 3.05) is 20.2 Å². The molecule has 5 fully saturated rings. The number of ether oxygens (including phenoxy) is 2. The van der Waals surface area contributed by atoms with E-state index in [0.29, 0.717) is 44.7 Å². The fourth-order valence-electron chi connectivity index (χ4n) is 8.88. The lowest BCUT2D eigenvalue weighted by atomic mass is 9.49. The van der Waals surface area contributed by atoms with Gasteiger partial charge in [-0.2, -0.15) is 5.10 Å². The summed E-state index contributed by atoms with van der Waals surface area (Å²) < 4.78 is 13.2. The third kappa shape index (κ3) is 6.56. The number of aromatic nitrogens is 3. The summed E-state index contributed by atoms with van der Waals surface area (Å²) in [6, 6.07) is 12.6. The molecule has 3 aromatic rings. The van der Waals surface area contributed by atoms with Crippen LogP contribution in [0, 0.1) is 18.3 Å². The lowest BCUT2D eigenvalue weighted by Gasteiger charge is -2.56. The highest BCUT2D eigenvalue weighted by molar-refractivity contribution is 5.79. The molecule has 3 heterocycles. The summed E-state index contributed by atoms with van der Waals surface area (Å²) >= 11 is 0. The number of fused-ring (bicyclic) bond motifs is 3. The van der Waals surface area contributed by atoms with Crippen LogP contribution in [0.4, 0.5) is 4.79 Å². The zero-order valence-electron chi connectivity index (χ0n) is 29.4. The van der Waals surface area contributed by atoms with Crippen molar-refractivity contribution >= 4 is 12.0 Å². The summed E-state index contributed by atoms with van der Waals surface area (Å²) in [6.45, 7) is 7.07. The normalized spacial score (nSPS) is 27.4. The van der Waals surface area contributed by atoms with Crippen LogP contribution in [0.1, 0.15) is 113 Å². The smallest absolute Gasteiger partial charge is 0.410 e. The van der Waals surface area contributed by atoms with E-state index < -0.39 is 6.10 Å². The number of aliphatic hydroxyl groups is 1. The molecule has 2 N–H and O–H groups in total. The first kappa shape index (κ1) is 33.6. The summed E-state index contributed by atoms with van der Waals surface area (Å²) in [5, 5.41) is 17.9. The molecule has 10 nitrogen and oxygen atoms in total. The molecule has 1 aromatic carbocycles. The van der Waals surface area contributed by atoms with Crippen LogP contribution in [0.25, 0.3) is 5.69 Å². The minimum atomic E-state index is -0.456. The van der Waals surface area contributed by atoms with Crippen LogP contribution >= 0.6 is 0 Å². The molecule has 0 spiro atoms. The molecule has 1 unspecified atom stereocenters. The molecule has 2 bridgehead atoms. The second kappa shape index (κ2) is 13.4. The van der Waals surface area contributed by atoms with Gasteiger partial charge in [-0.1, -0.05) is 26.0 Å². The van der Waals surface area contributed by atoms with Gasteiger partial charge in [0.15, 0.2) is 0 Å². The van der Waals surface area contributed by atoms with Crippen LogP contribution in [0.5, 0.6) is 5.75 Å². The summed E-state index contributed by atoms with van der Waals surface area (Å²) in [5.41, 5.74) is 5.51. The van der Waals surface area contributed by atoms with Crippen LogP contribution in [-0.4, -0.2) is 69.2 Å². The van der Waals surface area contributed by atoms with Crippen molar-refractivity contribution in [3.05, 3.63) is 71.3 Å². The topological polar surface area (TPSA) is 119 Å². The maximum Gasteiger partial charge on any atom is 0.410 e. The Morgan fingerprint density at radius 3 is 2.29 bits per heavy atom. The second-order valence-corrected chi connectivity index (χ2v) is 15.5. The number of β-amino-alcohol motifs (C(OH)–C–C–N with tert-alkyl or cyclic N) is 1. The Labute approximate surface area is 289 Å². The molecule has 10 heteroatoms. The number of pyridine rings is 1. The Kier molecular flexibility index (Phi) is 9.19. The molecule has 5 aliphatic rings. The number of hydrogen-bond donors (Lipinski definition) is 2. The number of benzene rings is 1. The lowest BCUT2D eigenvalue weighted by Crippen LogP contribution is -2.54. The molecule has 1 saturated heterocycles. The van der Waals surface area contributed by atoms with Gasteiger partial charge in [-0.25, -0.2) is 9.48 Å². The van der Waals surface area contributed by atoms with Crippen LogP contribution in [0.2, 0.25) is 0 Å². The highest BCUT2D eigenvalue weighted by atomic mass is 16.6. The molecule has 0 radical (unpaired) electrons. The lowest BCUT2D eigenvalue weighted by molar-refractivity contribution is -0.129. The van der Waals surface area contributed by atoms with Gasteiger partial charge in [0.1, 0.15) is 11.9 Å². The van der Waals surface area contributed by atoms with Crippen molar-refractivity contribution in [2.24, 2.45) is 11.3 Å². The van der Waals surface area contributed by atoms with Crippen molar-refractivity contribution in [1.82, 2.24) is 25.0 Å². The Bertz CT molecular complexity index is 1650. The number of aryl methyl sites for hydroxylation is 1. The molecule has 4 aliphatic carbocycles. The standard InChI is InChI=1S/C39H51N5O5/c1-25(2)32-12-20-44(42-32)29-11-19-40-33(22-29)35(41-36(46)27-5-8-31(9-6-27)49-37(47)43-23-30(45)24-43)39-16-13-38(14-17-39,15-18-39)28-7-10-34(48-4)26(3)21-28/h7,10-12,19-22,25,27,30-31,35,45H,5-6,8-9,13-18,23-24H2,1-4H3,(H,41,46). The van der Waals surface area contributed by atoms with Gasteiger partial charge in [0.2, 0.25) is 5.91 Å². The summed E-state index contributed by atoms with van der Waals surface area (Å²) in [6.07, 6.45) is 11.8. The predicted molar refractivity (Wildman–Crippen MR) is 186 cm³/mol. The number of nitrogens with one attached hydrogen (secondary N) is 1. The molecule has 49 heavy (non-hydrogen) atoms. The Morgan fingerprint density at radius 1 is 0.959 bits per heavy atom. The highest BCUT2D eigenvalue weighted by Crippen LogP contribution is 2.62. The number of amides is 2. The van der Waals surface area contributed by atoms with E-state index in [-0.39, 0.29) is 40.9 Å². The molecule has 1 aliphatic heterocycles.